The molecule has 5 atom stereocenters. The summed E-state index contributed by atoms with van der Waals surface area (Å²) in [6, 6.07) is 7.09. The normalized spacial score (nSPS) is 37.4. The highest BCUT2D eigenvalue weighted by Gasteiger charge is 2.58. The molecule has 0 spiro atoms. The van der Waals surface area contributed by atoms with Crippen LogP contribution in [0.15, 0.2) is 24.3 Å². The highest BCUT2D eigenvalue weighted by Crippen LogP contribution is 2.65. The van der Waals surface area contributed by atoms with Crippen LogP contribution in [0.1, 0.15) is 70.3 Å². The van der Waals surface area contributed by atoms with E-state index in [1.54, 1.807) is 12.1 Å². The zero-order valence-electron chi connectivity index (χ0n) is 16.5. The van der Waals surface area contributed by atoms with Gasteiger partial charge in [-0.1, -0.05) is 37.6 Å². The minimum Gasteiger partial charge on any atom is -0.481 e. The highest BCUT2D eigenvalue weighted by atomic mass is 35.5. The molecule has 4 aliphatic rings. The Labute approximate surface area is 167 Å². The first-order valence-electron chi connectivity index (χ1n) is 10.0. The lowest BCUT2D eigenvalue weighted by molar-refractivity contribution is -0.137. The van der Waals surface area contributed by atoms with E-state index in [9.17, 15) is 4.79 Å². The molecule has 4 saturated carbocycles. The first kappa shape index (κ1) is 20.6. The van der Waals surface area contributed by atoms with Crippen molar-refractivity contribution in [3.63, 3.8) is 0 Å². The van der Waals surface area contributed by atoms with Crippen LogP contribution in [0.2, 0.25) is 5.02 Å². The maximum atomic E-state index is 10.5. The van der Waals surface area contributed by atoms with Crippen LogP contribution in [0, 0.1) is 16.7 Å². The van der Waals surface area contributed by atoms with Crippen molar-refractivity contribution in [3.8, 4) is 0 Å². The van der Waals surface area contributed by atoms with Gasteiger partial charge in [-0.3, -0.25) is 4.79 Å². The zero-order valence-corrected chi connectivity index (χ0v) is 17.3. The maximum Gasteiger partial charge on any atom is 0.304 e. The molecule has 4 aliphatic carbocycles. The number of rotatable bonds is 4. The fourth-order valence-electron chi connectivity index (χ4n) is 6.82. The van der Waals surface area contributed by atoms with Gasteiger partial charge in [0.2, 0.25) is 0 Å². The highest BCUT2D eigenvalue weighted by molar-refractivity contribution is 6.30. The smallest absolute Gasteiger partial charge is 0.304 e. The van der Waals surface area contributed by atoms with Crippen molar-refractivity contribution in [1.29, 1.82) is 0 Å². The lowest BCUT2D eigenvalue weighted by Crippen LogP contribution is -2.62. The summed E-state index contributed by atoms with van der Waals surface area (Å²) in [6.45, 7) is 5.27. The Morgan fingerprint density at radius 1 is 1.15 bits per heavy atom. The van der Waals surface area contributed by atoms with Crippen molar-refractivity contribution in [2.75, 3.05) is 6.54 Å². The standard InChI is InChI=1S/C12H21N.C10H12ClNO2/c1-10-3-9-4-11(2,6-10)8-12(13,5-9)7-10;11-9-3-1-7(2-4-9)8(6-12)5-10(13)14/h9H,3-8,13H2,1-2H3;1-4,8H,5-6,12H2,(H,13,14)/t9?,10-,11+,12?;. The van der Waals surface area contributed by atoms with Crippen LogP contribution in [-0.4, -0.2) is 23.2 Å². The molecule has 3 unspecified atom stereocenters. The van der Waals surface area contributed by atoms with Crippen molar-refractivity contribution in [2.24, 2.45) is 28.2 Å². The molecule has 4 bridgehead atoms. The number of carboxylic acid groups (broad SMARTS) is 1. The lowest BCUT2D eigenvalue weighted by atomic mass is 9.43. The van der Waals surface area contributed by atoms with Gasteiger partial charge in [-0.25, -0.2) is 0 Å². The molecule has 0 radical (unpaired) electrons. The molecule has 27 heavy (non-hydrogen) atoms. The fraction of sp³-hybridized carbons (Fsp3) is 0.682. The van der Waals surface area contributed by atoms with Crippen molar-refractivity contribution in [1.82, 2.24) is 0 Å². The van der Waals surface area contributed by atoms with Gasteiger partial charge in [0, 0.05) is 16.5 Å². The van der Waals surface area contributed by atoms with Crippen LogP contribution >= 0.6 is 11.6 Å². The summed E-state index contributed by atoms with van der Waals surface area (Å²) in [5.74, 6) is -0.0172. The third kappa shape index (κ3) is 4.85. The molecular weight excluding hydrogens is 360 g/mol. The summed E-state index contributed by atoms with van der Waals surface area (Å²) < 4.78 is 0. The van der Waals surface area contributed by atoms with Crippen molar-refractivity contribution in [3.05, 3.63) is 34.9 Å². The molecule has 150 valence electrons. The molecule has 0 saturated heterocycles. The summed E-state index contributed by atoms with van der Waals surface area (Å²) in [5.41, 5.74) is 14.3. The maximum absolute atomic E-state index is 10.5. The van der Waals surface area contributed by atoms with E-state index in [0.29, 0.717) is 22.4 Å². The van der Waals surface area contributed by atoms with Gasteiger partial charge >= 0.3 is 5.97 Å². The first-order chi connectivity index (χ1) is 12.5. The first-order valence-corrected chi connectivity index (χ1v) is 10.4. The van der Waals surface area contributed by atoms with Gasteiger partial charge < -0.3 is 16.6 Å². The molecule has 5 rings (SSSR count). The summed E-state index contributed by atoms with van der Waals surface area (Å²) in [4.78, 5) is 10.5. The Kier molecular flexibility index (Phi) is 5.64. The van der Waals surface area contributed by atoms with Crippen LogP contribution in [0.3, 0.4) is 0 Å². The second-order valence-electron chi connectivity index (χ2n) is 10.1. The summed E-state index contributed by atoms with van der Waals surface area (Å²) in [5, 5.41) is 9.29. The number of carbonyl (C=O) groups is 1. The van der Waals surface area contributed by atoms with E-state index in [1.165, 1.54) is 38.5 Å². The van der Waals surface area contributed by atoms with E-state index in [1.807, 2.05) is 12.1 Å². The van der Waals surface area contributed by atoms with Gasteiger partial charge in [-0.15, -0.1) is 0 Å². The second-order valence-corrected chi connectivity index (χ2v) is 10.5. The summed E-state index contributed by atoms with van der Waals surface area (Å²) in [6.07, 6.45) is 8.33. The van der Waals surface area contributed by atoms with Crippen LogP contribution in [0.4, 0.5) is 0 Å². The monoisotopic (exact) mass is 392 g/mol. The Morgan fingerprint density at radius 2 is 1.70 bits per heavy atom. The van der Waals surface area contributed by atoms with E-state index in [4.69, 9.17) is 28.2 Å². The third-order valence-electron chi connectivity index (χ3n) is 6.72. The topological polar surface area (TPSA) is 89.3 Å². The average Bonchev–Trinajstić information content (AvgIpc) is 2.49. The van der Waals surface area contributed by atoms with Crippen molar-refractivity contribution < 1.29 is 9.90 Å². The molecule has 4 fully saturated rings. The Balaban J connectivity index is 0.000000156. The number of hydrogen-bond acceptors (Lipinski definition) is 3. The summed E-state index contributed by atoms with van der Waals surface area (Å²) in [7, 11) is 0. The lowest BCUT2D eigenvalue weighted by Gasteiger charge is -2.64. The Bertz CT molecular complexity index is 639. The van der Waals surface area contributed by atoms with Gasteiger partial charge in [0.1, 0.15) is 0 Å². The zero-order chi connectivity index (χ0) is 19.9. The number of hydrogen-bond donors (Lipinski definition) is 3. The van der Waals surface area contributed by atoms with Crippen LogP contribution in [0.5, 0.6) is 0 Å². The van der Waals surface area contributed by atoms with Crippen LogP contribution in [-0.2, 0) is 4.79 Å². The quantitative estimate of drug-likeness (QED) is 0.701. The molecular formula is C22H33ClN2O2. The van der Waals surface area contributed by atoms with E-state index in [0.717, 1.165) is 11.5 Å². The van der Waals surface area contributed by atoms with Crippen molar-refractivity contribution >= 4 is 17.6 Å². The minimum atomic E-state index is -0.838. The van der Waals surface area contributed by atoms with Crippen molar-refractivity contribution in [2.45, 2.75) is 70.3 Å². The molecule has 5 heteroatoms. The second kappa shape index (κ2) is 7.38. The molecule has 1 aromatic rings. The number of carboxylic acids is 1. The molecule has 5 N–H and O–H groups in total. The SMILES string of the molecule is C[C@]12CC3CC(N)(C1)C[C@@](C)(C3)C2.NCC(CC(=O)O)c1ccc(Cl)cc1. The Morgan fingerprint density at radius 3 is 2.11 bits per heavy atom. The van der Waals surface area contributed by atoms with Gasteiger partial charge in [0.25, 0.3) is 0 Å². The molecule has 0 aromatic heterocycles. The van der Waals surface area contributed by atoms with Gasteiger partial charge in [0.05, 0.1) is 6.42 Å². The van der Waals surface area contributed by atoms with E-state index in [-0.39, 0.29) is 17.9 Å². The van der Waals surface area contributed by atoms with Crippen LogP contribution in [0.25, 0.3) is 0 Å². The molecule has 0 amide bonds. The summed E-state index contributed by atoms with van der Waals surface area (Å²) >= 11 is 5.72. The van der Waals surface area contributed by atoms with Gasteiger partial charge in [-0.05, 0) is 79.5 Å². The number of aliphatic carboxylic acids is 1. The van der Waals surface area contributed by atoms with E-state index in [2.05, 4.69) is 13.8 Å². The molecule has 1 aromatic carbocycles. The van der Waals surface area contributed by atoms with Crippen LogP contribution < -0.4 is 11.5 Å². The molecule has 0 aliphatic heterocycles. The molecule has 4 nitrogen and oxygen atoms in total. The average molecular weight is 393 g/mol. The van der Waals surface area contributed by atoms with Gasteiger partial charge in [0.15, 0.2) is 0 Å². The predicted molar refractivity (Wildman–Crippen MR) is 110 cm³/mol. The van der Waals surface area contributed by atoms with E-state index < -0.39 is 5.97 Å². The van der Waals surface area contributed by atoms with Gasteiger partial charge in [-0.2, -0.15) is 0 Å². The third-order valence-corrected chi connectivity index (χ3v) is 6.97. The minimum absolute atomic E-state index is 0.0537. The number of benzene rings is 1. The largest absolute Gasteiger partial charge is 0.481 e. The number of halogens is 1. The predicted octanol–water partition coefficient (Wildman–Crippen LogP) is 4.55. The molecule has 0 heterocycles. The fourth-order valence-corrected chi connectivity index (χ4v) is 6.95. The number of nitrogens with two attached hydrogens (primary N) is 2. The van der Waals surface area contributed by atoms with E-state index >= 15 is 0 Å². The Hall–Kier alpha value is -1.10.